The molecule has 2 atom stereocenters. The molecular weight excluding hydrogens is 568 g/mol. The van der Waals surface area contributed by atoms with Crippen molar-refractivity contribution in [3.8, 4) is 11.5 Å². The smallest absolute Gasteiger partial charge is 0.127 e. The van der Waals surface area contributed by atoms with E-state index in [2.05, 4.69) is 6.07 Å². The van der Waals surface area contributed by atoms with E-state index in [1.165, 1.54) is 127 Å². The van der Waals surface area contributed by atoms with Gasteiger partial charge in [0.25, 0.3) is 0 Å². The lowest BCUT2D eigenvalue weighted by Gasteiger charge is -2.63. The van der Waals surface area contributed by atoms with Gasteiger partial charge in [-0.15, -0.1) is 0 Å². The van der Waals surface area contributed by atoms with Crippen molar-refractivity contribution in [2.75, 3.05) is 26.4 Å². The van der Waals surface area contributed by atoms with Gasteiger partial charge in [-0.1, -0.05) is 0 Å². The lowest BCUT2D eigenvalue weighted by Crippen LogP contribution is -2.55. The van der Waals surface area contributed by atoms with Gasteiger partial charge in [0.05, 0.1) is 13.2 Å². The summed E-state index contributed by atoms with van der Waals surface area (Å²) in [5.74, 6) is 10.9. The van der Waals surface area contributed by atoms with Crippen LogP contribution < -0.4 is 9.47 Å². The highest BCUT2D eigenvalue weighted by Crippen LogP contribution is 2.71. The van der Waals surface area contributed by atoms with Crippen LogP contribution in [0.1, 0.15) is 132 Å². The summed E-state index contributed by atoms with van der Waals surface area (Å²) in [5, 5.41) is 0. The van der Waals surface area contributed by atoms with E-state index < -0.39 is 0 Å². The van der Waals surface area contributed by atoms with Crippen LogP contribution in [0.2, 0.25) is 0 Å². The Balaban J connectivity index is 1.13. The highest BCUT2D eigenvalue weighted by molar-refractivity contribution is 5.63. The molecule has 2 aliphatic heterocycles. The summed E-state index contributed by atoms with van der Waals surface area (Å²) in [6.07, 6.45) is 27.0. The van der Waals surface area contributed by atoms with Crippen molar-refractivity contribution in [1.29, 1.82) is 0 Å². The Morgan fingerprint density at radius 2 is 0.696 bits per heavy atom. The van der Waals surface area contributed by atoms with Crippen LogP contribution in [0.5, 0.6) is 11.5 Å². The molecule has 12 bridgehead atoms. The molecule has 0 N–H and O–H groups in total. The summed E-state index contributed by atoms with van der Waals surface area (Å²) >= 11 is 0. The molecule has 0 spiro atoms. The van der Waals surface area contributed by atoms with Crippen molar-refractivity contribution in [2.45, 2.75) is 144 Å². The predicted molar refractivity (Wildman–Crippen MR) is 176 cm³/mol. The molecule has 15 rings (SSSR count). The van der Waals surface area contributed by atoms with E-state index in [1.54, 1.807) is 11.1 Å². The van der Waals surface area contributed by atoms with Crippen LogP contribution in [-0.4, -0.2) is 38.6 Å². The Morgan fingerprint density at radius 3 is 0.957 bits per heavy atom. The number of benzene rings is 1. The molecule has 14 aliphatic rings. The van der Waals surface area contributed by atoms with Gasteiger partial charge >= 0.3 is 0 Å². The van der Waals surface area contributed by atoms with Gasteiger partial charge in [-0.05, 0) is 180 Å². The van der Waals surface area contributed by atoms with Crippen LogP contribution in [0.15, 0.2) is 6.07 Å². The van der Waals surface area contributed by atoms with Gasteiger partial charge in [-0.2, -0.15) is 0 Å². The minimum atomic E-state index is 0.277. The van der Waals surface area contributed by atoms with Crippen LogP contribution in [0.3, 0.4) is 0 Å². The van der Waals surface area contributed by atoms with E-state index in [1.807, 2.05) is 5.56 Å². The minimum Gasteiger partial charge on any atom is -0.490 e. The summed E-state index contributed by atoms with van der Waals surface area (Å²) in [7, 11) is 0. The molecule has 1 aromatic rings. The zero-order valence-electron chi connectivity index (χ0n) is 28.1. The maximum atomic E-state index is 7.16. The third kappa shape index (κ3) is 4.16. The Bertz CT molecular complexity index is 1250. The first kappa shape index (κ1) is 27.5. The summed E-state index contributed by atoms with van der Waals surface area (Å²) in [5.41, 5.74) is 6.38. The fourth-order valence-electron chi connectivity index (χ4n) is 16.4. The molecule has 0 radical (unpaired) electrons. The summed E-state index contributed by atoms with van der Waals surface area (Å²) < 4.78 is 25.9. The first-order valence-corrected chi connectivity index (χ1v) is 20.2. The van der Waals surface area contributed by atoms with Crippen LogP contribution in [0, 0.1) is 53.3 Å². The van der Waals surface area contributed by atoms with Gasteiger partial charge < -0.3 is 18.9 Å². The maximum absolute atomic E-state index is 7.16. The highest BCUT2D eigenvalue weighted by Gasteiger charge is 2.61. The first-order valence-electron chi connectivity index (χ1n) is 20.2. The summed E-state index contributed by atoms with van der Waals surface area (Å²) in [6, 6.07) is 2.51. The van der Waals surface area contributed by atoms with Crippen molar-refractivity contribution in [1.82, 2.24) is 0 Å². The summed E-state index contributed by atoms with van der Waals surface area (Å²) in [4.78, 5) is 0. The summed E-state index contributed by atoms with van der Waals surface area (Å²) in [6.45, 7) is 3.15. The normalized spacial score (nSPS) is 52.8. The van der Waals surface area contributed by atoms with Crippen LogP contribution in [0.4, 0.5) is 0 Å². The van der Waals surface area contributed by atoms with E-state index in [0.717, 1.165) is 66.5 Å². The molecule has 248 valence electrons. The third-order valence-corrected chi connectivity index (χ3v) is 16.6. The van der Waals surface area contributed by atoms with Crippen molar-refractivity contribution in [3.63, 3.8) is 0 Å². The van der Waals surface area contributed by atoms with E-state index in [9.17, 15) is 0 Å². The van der Waals surface area contributed by atoms with Crippen molar-refractivity contribution >= 4 is 0 Å². The monoisotopic (exact) mass is 624 g/mol. The predicted octanol–water partition coefficient (Wildman–Crippen LogP) is 8.65. The van der Waals surface area contributed by atoms with Gasteiger partial charge in [0.1, 0.15) is 36.9 Å². The van der Waals surface area contributed by atoms with Crippen molar-refractivity contribution in [3.05, 3.63) is 22.8 Å². The topological polar surface area (TPSA) is 43.5 Å². The Hall–Kier alpha value is -1.26. The van der Waals surface area contributed by atoms with Crippen LogP contribution in [0.25, 0.3) is 0 Å². The van der Waals surface area contributed by atoms with E-state index in [0.29, 0.717) is 29.5 Å². The molecular formula is C42H56O4. The van der Waals surface area contributed by atoms with E-state index in [-0.39, 0.29) is 12.2 Å². The first-order chi connectivity index (χ1) is 22.5. The standard InChI is InChI=1S/C42H56O4/c1-24-2-26-3-25(1)12-40(11-24,13-26)37-35(45-22-33-20-43-33)10-36(46-23-34-21-44-34)38(41-14-27-4-28(15-41)6-29(5-27)16-41)39(37)42-17-30-7-31(18-42)9-32(8-30)19-42/h10,24-34H,1-9,11-23H2. The van der Waals surface area contributed by atoms with Crippen LogP contribution >= 0.6 is 0 Å². The molecule has 46 heavy (non-hydrogen) atoms. The second-order valence-corrected chi connectivity index (χ2v) is 20.1. The third-order valence-electron chi connectivity index (χ3n) is 16.6. The second-order valence-electron chi connectivity index (χ2n) is 20.1. The molecule has 14 fully saturated rings. The molecule has 2 unspecified atom stereocenters. The molecule has 2 heterocycles. The highest BCUT2D eigenvalue weighted by atomic mass is 16.6. The zero-order valence-corrected chi connectivity index (χ0v) is 28.1. The fraction of sp³-hybridized carbons (Fsp3) is 0.857. The molecule has 4 heteroatoms. The lowest BCUT2D eigenvalue weighted by molar-refractivity contribution is -0.0258. The van der Waals surface area contributed by atoms with Crippen LogP contribution in [-0.2, 0) is 25.7 Å². The Morgan fingerprint density at radius 1 is 0.435 bits per heavy atom. The number of rotatable bonds is 9. The molecule has 4 nitrogen and oxygen atoms in total. The number of hydrogen-bond acceptors (Lipinski definition) is 4. The largest absolute Gasteiger partial charge is 0.490 e. The van der Waals surface area contributed by atoms with Crippen molar-refractivity contribution < 1.29 is 18.9 Å². The molecule has 12 saturated carbocycles. The average Bonchev–Trinajstić information content (AvgIpc) is 3.92. The molecule has 0 aromatic heterocycles. The second kappa shape index (κ2) is 9.49. The Kier molecular flexibility index (Phi) is 5.69. The van der Waals surface area contributed by atoms with Gasteiger partial charge in [0.2, 0.25) is 0 Å². The zero-order chi connectivity index (χ0) is 29.8. The van der Waals surface area contributed by atoms with E-state index >= 15 is 0 Å². The van der Waals surface area contributed by atoms with Gasteiger partial charge in [0, 0.05) is 28.0 Å². The van der Waals surface area contributed by atoms with Crippen molar-refractivity contribution in [2.24, 2.45) is 53.3 Å². The molecule has 1 aromatic carbocycles. The minimum absolute atomic E-state index is 0.277. The molecule has 2 saturated heterocycles. The molecule has 12 aliphatic carbocycles. The van der Waals surface area contributed by atoms with E-state index in [4.69, 9.17) is 18.9 Å². The average molecular weight is 625 g/mol. The quantitative estimate of drug-likeness (QED) is 0.258. The number of ether oxygens (including phenoxy) is 4. The lowest BCUT2D eigenvalue weighted by atomic mass is 9.41. The SMILES string of the molecule is c1c(OCC2CO2)c(C23CC4CC(CC(C4)C2)C3)c(C23CC4CC(CC(C4)C2)C3)c(C23CC4CC(CC(C4)C2)C3)c1OCC1CO1. The maximum Gasteiger partial charge on any atom is 0.127 e. The number of hydrogen-bond donors (Lipinski definition) is 0. The van der Waals surface area contributed by atoms with Gasteiger partial charge in [0.15, 0.2) is 0 Å². The molecule has 0 amide bonds. The van der Waals surface area contributed by atoms with Gasteiger partial charge in [-0.25, -0.2) is 0 Å². The Labute approximate surface area is 276 Å². The number of epoxide rings is 2. The fourth-order valence-corrected chi connectivity index (χ4v) is 16.4. The van der Waals surface area contributed by atoms with Gasteiger partial charge in [-0.3, -0.25) is 0 Å².